The molecule has 2 aromatic carbocycles. The highest BCUT2D eigenvalue weighted by Crippen LogP contribution is 2.66. The highest BCUT2D eigenvalue weighted by Gasteiger charge is 2.67. The predicted molar refractivity (Wildman–Crippen MR) is 144 cm³/mol. The molecule has 2 N–H and O–H groups in total. The summed E-state index contributed by atoms with van der Waals surface area (Å²) >= 11 is 0. The van der Waals surface area contributed by atoms with E-state index in [1.54, 1.807) is 17.0 Å². The molecule has 13 heteroatoms. The molecule has 5 fully saturated rings. The lowest BCUT2D eigenvalue weighted by molar-refractivity contribution is -0.163. The summed E-state index contributed by atoms with van der Waals surface area (Å²) in [4.78, 5) is 29.7. The van der Waals surface area contributed by atoms with Gasteiger partial charge in [0.15, 0.2) is 11.7 Å². The number of benzene rings is 2. The molecule has 10 nitrogen and oxygen atoms in total. The Kier molecular flexibility index (Phi) is 5.51. The molecule has 2 aliphatic heterocycles. The Morgan fingerprint density at radius 2 is 1.75 bits per heavy atom. The molecule has 1 saturated heterocycles. The Morgan fingerprint density at radius 3 is 2.48 bits per heavy atom. The first kappa shape index (κ1) is 25.6. The van der Waals surface area contributed by atoms with Gasteiger partial charge in [0.05, 0.1) is 11.9 Å². The second-order valence-corrected chi connectivity index (χ2v) is 14.9. The minimum absolute atomic E-state index is 0.0422. The maximum Gasteiger partial charge on any atom is 0.286 e. The third-order valence-electron chi connectivity index (χ3n) is 9.18. The van der Waals surface area contributed by atoms with Crippen molar-refractivity contribution in [2.24, 2.45) is 39.9 Å². The van der Waals surface area contributed by atoms with Crippen molar-refractivity contribution in [3.05, 3.63) is 53.8 Å². The van der Waals surface area contributed by atoms with E-state index in [2.05, 4.69) is 14.4 Å². The van der Waals surface area contributed by atoms with Gasteiger partial charge in [0.25, 0.3) is 10.0 Å². The summed E-state index contributed by atoms with van der Waals surface area (Å²) in [5.41, 5.74) is 0.864. The number of rotatable bonds is 5. The molecule has 7 unspecified atom stereocenters. The quantitative estimate of drug-likeness (QED) is 0.513. The van der Waals surface area contributed by atoms with Crippen LogP contribution in [0.4, 0.5) is 15.8 Å². The van der Waals surface area contributed by atoms with Crippen molar-refractivity contribution >= 4 is 48.9 Å². The number of ketones is 1. The van der Waals surface area contributed by atoms with E-state index in [1.807, 2.05) is 0 Å². The number of sulfonamides is 2. The average molecular weight is 587 g/mol. The van der Waals surface area contributed by atoms with Crippen LogP contribution in [0.15, 0.2) is 51.8 Å². The minimum Gasteiger partial charge on any atom is -0.341 e. The van der Waals surface area contributed by atoms with Gasteiger partial charge in [-0.1, -0.05) is 12.1 Å². The molecule has 7 atom stereocenters. The normalized spacial score (nSPS) is 33.3. The molecular weight excluding hydrogens is 559 g/mol. The van der Waals surface area contributed by atoms with E-state index in [-0.39, 0.29) is 52.3 Å². The largest absolute Gasteiger partial charge is 0.341 e. The molecule has 0 radical (unpaired) electrons. The van der Waals surface area contributed by atoms with Crippen LogP contribution in [0, 0.1) is 41.3 Å². The Balaban J connectivity index is 1.27. The van der Waals surface area contributed by atoms with Gasteiger partial charge in [-0.25, -0.2) is 12.8 Å². The fraction of sp³-hybridized carbons (Fsp3) is 0.444. The van der Waals surface area contributed by atoms with Crippen molar-refractivity contribution in [2.45, 2.75) is 36.7 Å². The van der Waals surface area contributed by atoms with Crippen molar-refractivity contribution in [3.63, 3.8) is 0 Å². The second kappa shape index (κ2) is 8.59. The number of fused-ring (bicyclic) bond motifs is 2. The number of anilines is 2. The number of nitrogens with zero attached hydrogens (tertiary/aromatic N) is 2. The molecule has 8 rings (SSSR count). The Labute approximate surface area is 231 Å². The lowest BCUT2D eigenvalue weighted by Gasteiger charge is -2.55. The van der Waals surface area contributed by atoms with E-state index in [0.29, 0.717) is 11.8 Å². The van der Waals surface area contributed by atoms with Gasteiger partial charge < -0.3 is 10.2 Å². The number of likely N-dealkylation sites (tertiary alicyclic amines) is 1. The van der Waals surface area contributed by atoms with Crippen LogP contribution in [0.1, 0.15) is 24.8 Å². The zero-order valence-corrected chi connectivity index (χ0v) is 23.1. The van der Waals surface area contributed by atoms with E-state index >= 15 is 0 Å². The molecule has 0 aromatic heterocycles. The maximum absolute atomic E-state index is 14.1. The lowest BCUT2D eigenvalue weighted by atomic mass is 9.57. The number of hydrogen-bond donors (Lipinski definition) is 2. The number of nitrogens with one attached hydrogen (secondary N) is 2. The topological polar surface area (TPSA) is 142 Å². The fourth-order valence-corrected chi connectivity index (χ4v) is 9.39. The molecule has 2 bridgehead atoms. The number of Topliss-reactive ketones (excluding diaryl/α,β-unsaturated/α-hetero) is 1. The lowest BCUT2D eigenvalue weighted by Crippen LogP contribution is -2.66. The predicted octanol–water partition coefficient (Wildman–Crippen LogP) is 2.60. The van der Waals surface area contributed by atoms with Crippen LogP contribution in [-0.4, -0.2) is 51.6 Å². The van der Waals surface area contributed by atoms with E-state index in [4.69, 9.17) is 0 Å². The van der Waals surface area contributed by atoms with Crippen molar-refractivity contribution in [1.82, 2.24) is 4.90 Å². The summed E-state index contributed by atoms with van der Waals surface area (Å²) < 4.78 is 69.5. The Bertz CT molecular complexity index is 1710. The second-order valence-electron chi connectivity index (χ2n) is 11.6. The molecule has 1 amide bonds. The molecule has 210 valence electrons. The fourth-order valence-electron chi connectivity index (χ4n) is 7.66. The molecule has 2 aromatic rings. The molecule has 0 spiro atoms. The van der Waals surface area contributed by atoms with Gasteiger partial charge in [0.2, 0.25) is 15.9 Å². The Morgan fingerprint density at radius 1 is 1.05 bits per heavy atom. The third-order valence-corrected chi connectivity index (χ3v) is 11.1. The first-order valence-corrected chi connectivity index (χ1v) is 16.6. The van der Waals surface area contributed by atoms with Crippen LogP contribution < -0.4 is 10.0 Å². The summed E-state index contributed by atoms with van der Waals surface area (Å²) in [5.74, 6) is -1.99. The summed E-state index contributed by atoms with van der Waals surface area (Å²) in [6.07, 6.45) is 3.84. The molecule has 4 aliphatic carbocycles. The number of halogens is 1. The van der Waals surface area contributed by atoms with Gasteiger partial charge in [-0.15, -0.1) is 4.40 Å². The van der Waals surface area contributed by atoms with Crippen LogP contribution in [0.2, 0.25) is 0 Å². The highest BCUT2D eigenvalue weighted by molar-refractivity contribution is 7.92. The summed E-state index contributed by atoms with van der Waals surface area (Å²) in [7, 11) is -8.01. The summed E-state index contributed by atoms with van der Waals surface area (Å²) in [6.45, 7) is 0.182. The monoisotopic (exact) mass is 586 g/mol. The van der Waals surface area contributed by atoms with Gasteiger partial charge in [0, 0.05) is 24.2 Å². The number of carbonyl (C=O) groups is 2. The van der Waals surface area contributed by atoms with Crippen LogP contribution in [0.5, 0.6) is 0 Å². The SMILES string of the molecule is CS(=O)(=O)Nc1ccc2c(c1)S(=O)(=O)N=C(C1C(=O)C3C4CCC(C5CC54)C3N(Cc3ccc(F)cc3)C1=O)N2. The van der Waals surface area contributed by atoms with Crippen molar-refractivity contribution < 1.29 is 30.8 Å². The number of amides is 1. The number of carbonyl (C=O) groups excluding carboxylic acids is 2. The molecule has 4 saturated carbocycles. The molecular formula is C27H27FN4O6S2. The van der Waals surface area contributed by atoms with E-state index in [0.717, 1.165) is 37.1 Å². The van der Waals surface area contributed by atoms with Gasteiger partial charge in [-0.2, -0.15) is 8.42 Å². The number of amidine groups is 1. The van der Waals surface area contributed by atoms with E-state index in [1.165, 1.54) is 24.3 Å². The van der Waals surface area contributed by atoms with Crippen molar-refractivity contribution in [1.29, 1.82) is 0 Å². The summed E-state index contributed by atoms with van der Waals surface area (Å²) in [6, 6.07) is 9.53. The Hall–Kier alpha value is -3.32. The number of hydrogen-bond acceptors (Lipinski definition) is 7. The minimum atomic E-state index is -4.36. The van der Waals surface area contributed by atoms with Crippen LogP contribution in [-0.2, 0) is 36.2 Å². The van der Waals surface area contributed by atoms with Gasteiger partial charge >= 0.3 is 0 Å². The first-order valence-electron chi connectivity index (χ1n) is 13.2. The smallest absolute Gasteiger partial charge is 0.286 e. The zero-order valence-electron chi connectivity index (χ0n) is 21.4. The van der Waals surface area contributed by atoms with Gasteiger partial charge in [0.1, 0.15) is 16.5 Å². The van der Waals surface area contributed by atoms with E-state index in [9.17, 15) is 30.8 Å². The van der Waals surface area contributed by atoms with Gasteiger partial charge in [-0.05, 0) is 78.8 Å². The first-order chi connectivity index (χ1) is 18.9. The standard InChI is InChI=1S/C27H27FN4O6S2/c1-39(35,36)30-15-6-9-20-21(10-15)40(37,38)31-26(29-20)23-25(33)22-16-7-8-17(19-11-18(16)19)24(22)32(27(23)34)12-13-2-4-14(28)5-3-13/h2-6,9-10,16-19,22-24,30H,7-8,11-12H2,1H3,(H,29,31). The highest BCUT2D eigenvalue weighted by atomic mass is 32.2. The number of piperidine rings is 1. The van der Waals surface area contributed by atoms with Crippen LogP contribution in [0.25, 0.3) is 0 Å². The van der Waals surface area contributed by atoms with Crippen LogP contribution in [0.3, 0.4) is 0 Å². The average Bonchev–Trinajstić information content (AvgIpc) is 3.70. The molecule has 2 heterocycles. The summed E-state index contributed by atoms with van der Waals surface area (Å²) in [5, 5.41) is 2.90. The van der Waals surface area contributed by atoms with Crippen LogP contribution >= 0.6 is 0 Å². The van der Waals surface area contributed by atoms with Gasteiger partial charge in [-0.3, -0.25) is 14.3 Å². The van der Waals surface area contributed by atoms with Crippen molar-refractivity contribution in [3.8, 4) is 0 Å². The zero-order chi connectivity index (χ0) is 28.1. The third kappa shape index (κ3) is 4.04. The molecule has 40 heavy (non-hydrogen) atoms. The van der Waals surface area contributed by atoms with Crippen molar-refractivity contribution in [2.75, 3.05) is 16.3 Å². The maximum atomic E-state index is 14.1. The molecule has 6 aliphatic rings. The van der Waals surface area contributed by atoms with E-state index < -0.39 is 43.6 Å².